The lowest BCUT2D eigenvalue weighted by atomic mass is 10.4. The van der Waals surface area contributed by atoms with E-state index in [4.69, 9.17) is 11.6 Å². The number of rotatable bonds is 2. The zero-order valence-electron chi connectivity index (χ0n) is 9.13. The van der Waals surface area contributed by atoms with Gasteiger partial charge in [0.1, 0.15) is 11.6 Å². The Morgan fingerprint density at radius 3 is 2.53 bits per heavy atom. The van der Waals surface area contributed by atoms with E-state index in [-0.39, 0.29) is 17.5 Å². The first kappa shape index (κ1) is 11.9. The summed E-state index contributed by atoms with van der Waals surface area (Å²) >= 11 is 0. The predicted molar refractivity (Wildman–Crippen MR) is 65.1 cm³/mol. The van der Waals surface area contributed by atoms with Crippen molar-refractivity contribution < 1.29 is 8.42 Å². The third-order valence-corrected chi connectivity index (χ3v) is 4.16. The quantitative estimate of drug-likeness (QED) is 0.435. The smallest absolute Gasteiger partial charge is 0.223 e. The Hall–Kier alpha value is -1.61. The second-order valence-corrected chi connectivity index (χ2v) is 6.06. The molecule has 0 radical (unpaired) electrons. The van der Waals surface area contributed by atoms with Crippen molar-refractivity contribution in [3.05, 3.63) is 6.07 Å². The topological polar surface area (TPSA) is 127 Å². The van der Waals surface area contributed by atoms with Crippen molar-refractivity contribution in [3.8, 4) is 0 Å². The van der Waals surface area contributed by atoms with Gasteiger partial charge < -0.3 is 16.1 Å². The number of hydrogen-bond donors (Lipinski definition) is 3. The van der Waals surface area contributed by atoms with Gasteiger partial charge in [-0.25, -0.2) is 14.3 Å². The summed E-state index contributed by atoms with van der Waals surface area (Å²) in [5.74, 6) is 6.59. The Bertz CT molecular complexity index is 503. The fourth-order valence-electron chi connectivity index (χ4n) is 1.63. The van der Waals surface area contributed by atoms with Crippen LogP contribution in [0.5, 0.6) is 0 Å². The fraction of sp³-hybridized carbons (Fsp3) is 0.500. The Balaban J connectivity index is 2.21. The summed E-state index contributed by atoms with van der Waals surface area (Å²) in [6.45, 7) is 0.811. The molecule has 0 spiro atoms. The van der Waals surface area contributed by atoms with Crippen molar-refractivity contribution in [1.29, 1.82) is 0 Å². The van der Waals surface area contributed by atoms with E-state index < -0.39 is 9.84 Å². The molecule has 0 bridgehead atoms. The minimum absolute atomic E-state index is 0.101. The van der Waals surface area contributed by atoms with E-state index in [0.29, 0.717) is 24.7 Å². The Morgan fingerprint density at radius 2 is 1.94 bits per heavy atom. The van der Waals surface area contributed by atoms with Gasteiger partial charge in [0.05, 0.1) is 11.5 Å². The lowest BCUT2D eigenvalue weighted by Gasteiger charge is -2.27. The first-order chi connectivity index (χ1) is 8.00. The molecule has 94 valence electrons. The number of sulfone groups is 1. The van der Waals surface area contributed by atoms with Crippen LogP contribution in [0.3, 0.4) is 0 Å². The normalized spacial score (nSPS) is 19.0. The molecule has 8 nitrogen and oxygen atoms in total. The van der Waals surface area contributed by atoms with E-state index in [1.54, 1.807) is 6.07 Å². The monoisotopic (exact) mass is 258 g/mol. The molecule has 0 aromatic carbocycles. The van der Waals surface area contributed by atoms with Crippen LogP contribution in [0.25, 0.3) is 0 Å². The van der Waals surface area contributed by atoms with Crippen LogP contribution >= 0.6 is 0 Å². The molecule has 2 heterocycles. The number of aromatic nitrogens is 2. The maximum Gasteiger partial charge on any atom is 0.223 e. The van der Waals surface area contributed by atoms with Gasteiger partial charge in [-0.3, -0.25) is 0 Å². The van der Waals surface area contributed by atoms with Gasteiger partial charge in [-0.2, -0.15) is 9.97 Å². The highest BCUT2D eigenvalue weighted by molar-refractivity contribution is 7.91. The maximum atomic E-state index is 11.3. The maximum absolute atomic E-state index is 11.3. The summed E-state index contributed by atoms with van der Waals surface area (Å²) in [6.07, 6.45) is 0. The second kappa shape index (κ2) is 4.34. The van der Waals surface area contributed by atoms with Crippen LogP contribution in [0.4, 0.5) is 17.6 Å². The van der Waals surface area contributed by atoms with Crippen LogP contribution in [0.1, 0.15) is 0 Å². The number of nitrogens with one attached hydrogen (secondary N) is 1. The number of hydrogen-bond acceptors (Lipinski definition) is 8. The summed E-state index contributed by atoms with van der Waals surface area (Å²) in [5.41, 5.74) is 7.92. The molecule has 1 aromatic rings. The van der Waals surface area contributed by atoms with Crippen molar-refractivity contribution >= 4 is 27.4 Å². The summed E-state index contributed by atoms with van der Waals surface area (Å²) in [6, 6.07) is 1.63. The van der Waals surface area contributed by atoms with E-state index in [9.17, 15) is 8.42 Å². The molecule has 0 unspecified atom stereocenters. The molecule has 9 heteroatoms. The minimum atomic E-state index is -2.91. The highest BCUT2D eigenvalue weighted by Gasteiger charge is 2.23. The van der Waals surface area contributed by atoms with Gasteiger partial charge in [-0.15, -0.1) is 0 Å². The van der Waals surface area contributed by atoms with E-state index in [1.165, 1.54) is 0 Å². The highest BCUT2D eigenvalue weighted by Crippen LogP contribution is 2.18. The highest BCUT2D eigenvalue weighted by atomic mass is 32.2. The van der Waals surface area contributed by atoms with Crippen molar-refractivity contribution in [2.24, 2.45) is 5.84 Å². The Labute approximate surface area is 98.9 Å². The largest absolute Gasteiger partial charge is 0.368 e. The van der Waals surface area contributed by atoms with Crippen molar-refractivity contribution in [2.75, 3.05) is 40.7 Å². The standard InChI is InChI=1S/C8H14N6O2S/c9-8-11-6(13-10)5-7(12-8)14-1-3-17(15,16)4-2-14/h5H,1-4,10H2,(H3,9,11,12,13). The zero-order chi connectivity index (χ0) is 12.5. The summed E-state index contributed by atoms with van der Waals surface area (Å²) in [7, 11) is -2.91. The molecule has 1 fully saturated rings. The zero-order valence-corrected chi connectivity index (χ0v) is 9.94. The van der Waals surface area contributed by atoms with Crippen molar-refractivity contribution in [2.45, 2.75) is 0 Å². The van der Waals surface area contributed by atoms with E-state index in [0.717, 1.165) is 0 Å². The third kappa shape index (κ3) is 2.74. The number of hydrazine groups is 1. The molecule has 0 atom stereocenters. The van der Waals surface area contributed by atoms with Crippen LogP contribution in [0.2, 0.25) is 0 Å². The molecule has 17 heavy (non-hydrogen) atoms. The van der Waals surface area contributed by atoms with E-state index in [1.807, 2.05) is 4.90 Å². The Morgan fingerprint density at radius 1 is 1.29 bits per heavy atom. The van der Waals surface area contributed by atoms with Crippen LogP contribution in [0, 0.1) is 0 Å². The van der Waals surface area contributed by atoms with E-state index in [2.05, 4.69) is 15.4 Å². The molecular formula is C8H14N6O2S. The lowest BCUT2D eigenvalue weighted by molar-refractivity contribution is 0.586. The van der Waals surface area contributed by atoms with Crippen molar-refractivity contribution in [1.82, 2.24) is 9.97 Å². The Kier molecular flexibility index (Phi) is 3.03. The molecule has 0 aliphatic carbocycles. The average Bonchev–Trinajstić information content (AvgIpc) is 2.28. The van der Waals surface area contributed by atoms with Crippen LogP contribution in [-0.4, -0.2) is 43.0 Å². The molecule has 1 aromatic heterocycles. The minimum Gasteiger partial charge on any atom is -0.368 e. The summed E-state index contributed by atoms with van der Waals surface area (Å²) < 4.78 is 22.6. The van der Waals surface area contributed by atoms with Crippen LogP contribution in [0.15, 0.2) is 6.07 Å². The summed E-state index contributed by atoms with van der Waals surface area (Å²) in [5, 5.41) is 0. The number of nitrogens with two attached hydrogens (primary N) is 2. The van der Waals surface area contributed by atoms with Gasteiger partial charge in [-0.05, 0) is 0 Å². The van der Waals surface area contributed by atoms with Gasteiger partial charge in [-0.1, -0.05) is 0 Å². The average molecular weight is 258 g/mol. The first-order valence-electron chi connectivity index (χ1n) is 5.07. The fourth-order valence-corrected chi connectivity index (χ4v) is 2.83. The van der Waals surface area contributed by atoms with Gasteiger partial charge in [0, 0.05) is 19.2 Å². The van der Waals surface area contributed by atoms with Crippen LogP contribution in [-0.2, 0) is 9.84 Å². The first-order valence-corrected chi connectivity index (χ1v) is 6.89. The lowest BCUT2D eigenvalue weighted by Crippen LogP contribution is -2.40. The van der Waals surface area contributed by atoms with E-state index >= 15 is 0 Å². The number of nitrogen functional groups attached to an aromatic ring is 2. The number of nitrogens with zero attached hydrogens (tertiary/aromatic N) is 3. The summed E-state index contributed by atoms with van der Waals surface area (Å²) in [4.78, 5) is 9.76. The number of anilines is 3. The van der Waals surface area contributed by atoms with Crippen molar-refractivity contribution in [3.63, 3.8) is 0 Å². The molecule has 1 aliphatic rings. The van der Waals surface area contributed by atoms with Gasteiger partial charge in [0.25, 0.3) is 0 Å². The molecule has 1 aliphatic heterocycles. The second-order valence-electron chi connectivity index (χ2n) is 3.75. The predicted octanol–water partition coefficient (Wildman–Crippen LogP) is -1.42. The molecule has 0 amide bonds. The van der Waals surface area contributed by atoms with Gasteiger partial charge in [0.2, 0.25) is 5.95 Å². The molecule has 1 saturated heterocycles. The van der Waals surface area contributed by atoms with Gasteiger partial charge >= 0.3 is 0 Å². The SMILES string of the molecule is NNc1cc(N2CCS(=O)(=O)CC2)nc(N)n1. The molecular weight excluding hydrogens is 244 g/mol. The third-order valence-electron chi connectivity index (χ3n) is 2.55. The molecule has 0 saturated carbocycles. The van der Waals surface area contributed by atoms with Gasteiger partial charge in [0.15, 0.2) is 9.84 Å². The molecule has 2 rings (SSSR count). The van der Waals surface area contributed by atoms with Crippen LogP contribution < -0.4 is 21.9 Å². The molecule has 5 N–H and O–H groups in total.